The van der Waals surface area contributed by atoms with Gasteiger partial charge in [0.1, 0.15) is 35.0 Å². The molecule has 3 atom stereocenters. The van der Waals surface area contributed by atoms with E-state index in [-0.39, 0.29) is 82.2 Å². The van der Waals surface area contributed by atoms with Crippen molar-refractivity contribution in [2.75, 3.05) is 59.0 Å². The first-order valence-electron chi connectivity index (χ1n) is 17.7. The molecular formula is C39H39F4N7O4. The van der Waals surface area contributed by atoms with E-state index in [4.69, 9.17) is 20.9 Å². The number of alkyl halides is 2. The Balaban J connectivity index is 1.35. The van der Waals surface area contributed by atoms with Crippen LogP contribution in [0.5, 0.6) is 11.8 Å². The minimum Gasteiger partial charge on any atom is -0.508 e. The van der Waals surface area contributed by atoms with Crippen molar-refractivity contribution >= 4 is 44.3 Å². The van der Waals surface area contributed by atoms with Crippen LogP contribution in [0.3, 0.4) is 0 Å². The van der Waals surface area contributed by atoms with Gasteiger partial charge in [-0.1, -0.05) is 12.0 Å². The summed E-state index contributed by atoms with van der Waals surface area (Å²) in [4.78, 5) is 28.0. The van der Waals surface area contributed by atoms with Gasteiger partial charge in [-0.2, -0.15) is 15.1 Å². The van der Waals surface area contributed by atoms with Crippen LogP contribution in [-0.4, -0.2) is 113 Å². The van der Waals surface area contributed by atoms with E-state index in [0.29, 0.717) is 41.7 Å². The van der Waals surface area contributed by atoms with Gasteiger partial charge >= 0.3 is 6.01 Å². The van der Waals surface area contributed by atoms with Crippen LogP contribution in [0, 0.1) is 29.4 Å². The van der Waals surface area contributed by atoms with Crippen molar-refractivity contribution in [2.24, 2.45) is 12.5 Å². The van der Waals surface area contributed by atoms with E-state index in [9.17, 15) is 18.7 Å². The molecule has 11 nitrogen and oxygen atoms in total. The number of benzene rings is 3. The van der Waals surface area contributed by atoms with Crippen LogP contribution >= 0.6 is 0 Å². The molecule has 3 aliphatic rings. The fraction of sp³-hybridized carbons (Fsp3) is 0.436. The number of carbonyl (C=O) groups excluding carboxylic acids is 1. The van der Waals surface area contributed by atoms with E-state index in [0.717, 1.165) is 12.8 Å². The van der Waals surface area contributed by atoms with E-state index in [1.165, 1.54) is 28.9 Å². The molecule has 0 spiro atoms. The average Bonchev–Trinajstić information content (AvgIpc) is 3.31. The maximum atomic E-state index is 17.7. The standard InChI is InChI=1S/C39H39F4N7O4/c1-6-25-28(40)10-7-21-13-24(51)14-26(30(21)25)31-33(41)35-32(27-17-48(4)46-34(27)31)36(45-37(44-35)54-20-38(19-47(2)3)18-39(38,42)43)50-22-8-9-23(50)16-49(15-22)29(52)11-12-53-5/h1,7,10,13-14,17,22-23,51H,8-9,11-12,15-16,18-20H2,2-5H3/t22-,23+,38-/m1/s1. The second-order valence-corrected chi connectivity index (χ2v) is 15.0. The molecule has 282 valence electrons. The van der Waals surface area contributed by atoms with Crippen LogP contribution < -0.4 is 9.64 Å². The Morgan fingerprint density at radius 2 is 1.83 bits per heavy atom. The number of anilines is 1. The lowest BCUT2D eigenvalue weighted by Crippen LogP contribution is -2.56. The number of piperazine rings is 1. The first kappa shape index (κ1) is 35.8. The third kappa shape index (κ3) is 5.74. The molecule has 2 aromatic heterocycles. The summed E-state index contributed by atoms with van der Waals surface area (Å²) in [5.74, 6) is -2.08. The molecule has 3 aromatic carbocycles. The molecule has 1 aliphatic carbocycles. The van der Waals surface area contributed by atoms with Crippen LogP contribution in [0.25, 0.3) is 43.7 Å². The first-order valence-corrected chi connectivity index (χ1v) is 17.7. The summed E-state index contributed by atoms with van der Waals surface area (Å²) in [7, 11) is 6.62. The van der Waals surface area contributed by atoms with Crippen molar-refractivity contribution in [2.45, 2.75) is 43.7 Å². The van der Waals surface area contributed by atoms with Gasteiger partial charge in [-0.25, -0.2) is 17.6 Å². The molecular weight excluding hydrogens is 706 g/mol. The normalized spacial score (nSPS) is 21.8. The first-order chi connectivity index (χ1) is 25.8. The molecule has 1 amide bonds. The number of aryl methyl sites for hydroxylation is 1. The quantitative estimate of drug-likeness (QED) is 0.147. The Bertz CT molecular complexity index is 2380. The van der Waals surface area contributed by atoms with E-state index < -0.39 is 29.6 Å². The lowest BCUT2D eigenvalue weighted by atomic mass is 9.91. The average molecular weight is 746 g/mol. The number of methoxy groups -OCH3 is 1. The third-order valence-electron chi connectivity index (χ3n) is 11.0. The molecule has 5 aromatic rings. The van der Waals surface area contributed by atoms with Gasteiger partial charge < -0.3 is 29.3 Å². The molecule has 0 radical (unpaired) electrons. The zero-order valence-electron chi connectivity index (χ0n) is 30.3. The molecule has 0 unspecified atom stereocenters. The number of phenolic OH excluding ortho intramolecular Hbond substituents is 1. The monoisotopic (exact) mass is 745 g/mol. The van der Waals surface area contributed by atoms with E-state index in [1.54, 1.807) is 39.3 Å². The number of amides is 1. The predicted octanol–water partition coefficient (Wildman–Crippen LogP) is 5.48. The molecule has 15 heteroatoms. The smallest absolute Gasteiger partial charge is 0.319 e. The van der Waals surface area contributed by atoms with Gasteiger partial charge in [-0.05, 0) is 56.1 Å². The topological polar surface area (TPSA) is 109 Å². The molecule has 8 rings (SSSR count). The maximum Gasteiger partial charge on any atom is 0.319 e. The summed E-state index contributed by atoms with van der Waals surface area (Å²) in [5.41, 5.74) is -1.59. The number of hydrogen-bond acceptors (Lipinski definition) is 9. The fourth-order valence-electron chi connectivity index (χ4n) is 8.54. The highest BCUT2D eigenvalue weighted by atomic mass is 19.3. The summed E-state index contributed by atoms with van der Waals surface area (Å²) in [6, 6.07) is 4.66. The van der Waals surface area contributed by atoms with Crippen LogP contribution in [0.15, 0.2) is 30.5 Å². The van der Waals surface area contributed by atoms with Gasteiger partial charge in [0.2, 0.25) is 5.91 Å². The molecule has 1 saturated carbocycles. The highest BCUT2D eigenvalue weighted by molar-refractivity contribution is 6.18. The van der Waals surface area contributed by atoms with Gasteiger partial charge in [0.25, 0.3) is 5.92 Å². The number of halogens is 4. The number of rotatable bonds is 10. The van der Waals surface area contributed by atoms with Crippen LogP contribution in [0.4, 0.5) is 23.4 Å². The number of nitrogens with zero attached hydrogens (tertiary/aromatic N) is 7. The van der Waals surface area contributed by atoms with Crippen molar-refractivity contribution in [1.82, 2.24) is 29.5 Å². The highest BCUT2D eigenvalue weighted by Gasteiger charge is 2.71. The Hall–Kier alpha value is -5.20. The van der Waals surface area contributed by atoms with E-state index >= 15 is 8.78 Å². The largest absolute Gasteiger partial charge is 0.508 e. The van der Waals surface area contributed by atoms with Gasteiger partial charge in [-0.3, -0.25) is 9.48 Å². The molecule has 2 aliphatic heterocycles. The number of aromatic hydroxyl groups is 1. The highest BCUT2D eigenvalue weighted by Crippen LogP contribution is 2.60. The summed E-state index contributed by atoms with van der Waals surface area (Å²) in [6.45, 7) is 0.724. The van der Waals surface area contributed by atoms with Crippen LogP contribution in [-0.2, 0) is 16.6 Å². The summed E-state index contributed by atoms with van der Waals surface area (Å²) >= 11 is 0. The number of terminal acetylenes is 1. The van der Waals surface area contributed by atoms with Crippen molar-refractivity contribution < 1.29 is 36.9 Å². The number of hydrogen-bond donors (Lipinski definition) is 1. The predicted molar refractivity (Wildman–Crippen MR) is 195 cm³/mol. The second-order valence-electron chi connectivity index (χ2n) is 15.0. The summed E-state index contributed by atoms with van der Waals surface area (Å²) in [5, 5.41) is 16.8. The van der Waals surface area contributed by atoms with Crippen molar-refractivity contribution in [1.29, 1.82) is 0 Å². The number of carbonyl (C=O) groups is 1. The Morgan fingerprint density at radius 3 is 2.48 bits per heavy atom. The minimum absolute atomic E-state index is 0.0343. The maximum absolute atomic E-state index is 17.7. The number of likely N-dealkylation sites (tertiary alicyclic amines) is 1. The van der Waals surface area contributed by atoms with E-state index in [2.05, 4.69) is 20.9 Å². The molecule has 2 saturated heterocycles. The van der Waals surface area contributed by atoms with Gasteiger partial charge in [0.15, 0.2) is 5.82 Å². The summed E-state index contributed by atoms with van der Waals surface area (Å²) < 4.78 is 75.2. The lowest BCUT2D eigenvalue weighted by Gasteiger charge is -2.42. The van der Waals surface area contributed by atoms with Gasteiger partial charge in [0.05, 0.1) is 29.4 Å². The summed E-state index contributed by atoms with van der Waals surface area (Å²) in [6.07, 6.45) is 8.79. The van der Waals surface area contributed by atoms with Crippen molar-refractivity contribution in [3.05, 3.63) is 47.7 Å². The van der Waals surface area contributed by atoms with Crippen molar-refractivity contribution in [3.8, 4) is 35.2 Å². The van der Waals surface area contributed by atoms with E-state index in [1.807, 2.05) is 4.90 Å². The molecule has 54 heavy (non-hydrogen) atoms. The Labute approximate surface area is 308 Å². The second kappa shape index (κ2) is 13.0. The lowest BCUT2D eigenvalue weighted by molar-refractivity contribution is -0.133. The number of fused-ring (bicyclic) bond motifs is 6. The van der Waals surface area contributed by atoms with Gasteiger partial charge in [-0.15, -0.1) is 6.42 Å². The minimum atomic E-state index is -2.97. The molecule has 4 heterocycles. The zero-order chi connectivity index (χ0) is 38.3. The van der Waals surface area contributed by atoms with Crippen LogP contribution in [0.2, 0.25) is 0 Å². The van der Waals surface area contributed by atoms with Gasteiger partial charge in [0, 0.05) is 74.8 Å². The number of phenols is 1. The SMILES string of the molecule is C#Cc1c(F)ccc2cc(O)cc(-c3c(F)c4nc(OC[C@]5(CN(C)C)CC5(F)F)nc(N5[C@@H]6CC[C@H]5CN(C(=O)CCOC)C6)c4c4cn(C)nc34)c12. The van der Waals surface area contributed by atoms with Crippen LogP contribution in [0.1, 0.15) is 31.2 Å². The fourth-order valence-corrected chi connectivity index (χ4v) is 8.54. The molecule has 2 bridgehead atoms. The number of ether oxygens (including phenoxy) is 2. The Morgan fingerprint density at radius 1 is 1.11 bits per heavy atom. The molecule has 1 N–H and O–H groups in total. The Kier molecular flexibility index (Phi) is 8.61. The zero-order valence-corrected chi connectivity index (χ0v) is 30.3. The third-order valence-corrected chi connectivity index (χ3v) is 11.0. The van der Waals surface area contributed by atoms with Crippen molar-refractivity contribution in [3.63, 3.8) is 0 Å². The number of aromatic nitrogens is 4. The molecule has 3 fully saturated rings.